The molecule has 0 saturated heterocycles. The molecule has 0 fully saturated rings. The average molecular weight is 428 g/mol. The smallest absolute Gasteiger partial charge is 0.344 e. The quantitative estimate of drug-likeness (QED) is 0.465. The van der Waals surface area contributed by atoms with E-state index in [-0.39, 0.29) is 24.3 Å². The number of fused-ring (bicyclic) bond motifs is 1. The van der Waals surface area contributed by atoms with Crippen LogP contribution in [-0.2, 0) is 9.53 Å². The first-order valence-corrected chi connectivity index (χ1v) is 9.56. The van der Waals surface area contributed by atoms with Crippen molar-refractivity contribution in [2.24, 2.45) is 0 Å². The highest BCUT2D eigenvalue weighted by Crippen LogP contribution is 2.39. The van der Waals surface area contributed by atoms with E-state index in [0.717, 1.165) is 0 Å². The van der Waals surface area contributed by atoms with Gasteiger partial charge >= 0.3 is 5.97 Å². The highest BCUT2D eigenvalue weighted by molar-refractivity contribution is 6.14. The fourth-order valence-corrected chi connectivity index (χ4v) is 3.00. The van der Waals surface area contributed by atoms with Crippen LogP contribution in [-0.4, -0.2) is 45.8 Å². The van der Waals surface area contributed by atoms with Crippen LogP contribution in [0, 0.1) is 0 Å². The van der Waals surface area contributed by atoms with Crippen molar-refractivity contribution in [2.45, 2.75) is 20.0 Å². The maximum absolute atomic E-state index is 12.8. The van der Waals surface area contributed by atoms with Crippen molar-refractivity contribution in [3.8, 4) is 28.7 Å². The molecule has 0 aliphatic carbocycles. The fourth-order valence-electron chi connectivity index (χ4n) is 3.00. The molecule has 8 nitrogen and oxygen atoms in total. The zero-order chi connectivity index (χ0) is 22.5. The molecule has 3 rings (SSSR count). The number of allylic oxidation sites excluding steroid dienone is 1. The van der Waals surface area contributed by atoms with Crippen LogP contribution in [0.2, 0.25) is 0 Å². The number of carbonyl (C=O) groups excluding carboxylic acids is 2. The molecule has 0 unspecified atom stereocenters. The minimum atomic E-state index is -0.478. The Morgan fingerprint density at radius 3 is 2.32 bits per heavy atom. The van der Waals surface area contributed by atoms with Crippen molar-refractivity contribution >= 4 is 17.8 Å². The second-order valence-electron chi connectivity index (χ2n) is 6.87. The van der Waals surface area contributed by atoms with Crippen LogP contribution >= 0.6 is 0 Å². The summed E-state index contributed by atoms with van der Waals surface area (Å²) in [5.41, 5.74) is 0.979. The highest BCUT2D eigenvalue weighted by Gasteiger charge is 2.28. The van der Waals surface area contributed by atoms with E-state index >= 15 is 0 Å². The van der Waals surface area contributed by atoms with Gasteiger partial charge < -0.3 is 28.4 Å². The standard InChI is InChI=1S/C23H24O8/c1-13(2)30-22(24)12-29-15-6-7-16-18(10-15)31-21(23(16)25)9-14-8-19(27-4)20(28-5)11-17(14)26-3/h6-11,13H,12H2,1-5H3. The number of hydrogen-bond donors (Lipinski definition) is 0. The second kappa shape index (κ2) is 9.42. The Bertz CT molecular complexity index is 1020. The summed E-state index contributed by atoms with van der Waals surface area (Å²) >= 11 is 0. The van der Waals surface area contributed by atoms with Crippen molar-refractivity contribution in [3.63, 3.8) is 0 Å². The first-order chi connectivity index (χ1) is 14.9. The number of rotatable bonds is 8. The van der Waals surface area contributed by atoms with Crippen LogP contribution in [0.25, 0.3) is 6.08 Å². The Kier molecular flexibility index (Phi) is 6.69. The van der Waals surface area contributed by atoms with Gasteiger partial charge in [-0.25, -0.2) is 4.79 Å². The molecule has 0 aromatic heterocycles. The van der Waals surface area contributed by atoms with Crippen LogP contribution in [0.3, 0.4) is 0 Å². The van der Waals surface area contributed by atoms with Gasteiger partial charge in [-0.15, -0.1) is 0 Å². The van der Waals surface area contributed by atoms with Gasteiger partial charge in [0.25, 0.3) is 0 Å². The van der Waals surface area contributed by atoms with E-state index in [9.17, 15) is 9.59 Å². The number of hydrogen-bond acceptors (Lipinski definition) is 8. The zero-order valence-electron chi connectivity index (χ0n) is 18.0. The van der Waals surface area contributed by atoms with Crippen molar-refractivity contribution in [1.29, 1.82) is 0 Å². The maximum atomic E-state index is 12.8. The number of Topliss-reactive ketones (excluding diaryl/α,β-unsaturated/α-hetero) is 1. The molecule has 0 amide bonds. The molecule has 1 aliphatic heterocycles. The minimum Gasteiger partial charge on any atom is -0.496 e. The van der Waals surface area contributed by atoms with E-state index in [1.165, 1.54) is 21.3 Å². The summed E-state index contributed by atoms with van der Waals surface area (Å²) in [5, 5.41) is 0. The predicted octanol–water partition coefficient (Wildman–Crippen LogP) is 3.66. The molecule has 164 valence electrons. The van der Waals surface area contributed by atoms with Gasteiger partial charge in [-0.05, 0) is 38.1 Å². The van der Waals surface area contributed by atoms with E-state index in [1.807, 2.05) is 0 Å². The highest BCUT2D eigenvalue weighted by atomic mass is 16.6. The van der Waals surface area contributed by atoms with Crippen molar-refractivity contribution in [1.82, 2.24) is 0 Å². The van der Waals surface area contributed by atoms with Crippen molar-refractivity contribution in [3.05, 3.63) is 47.2 Å². The third-order valence-electron chi connectivity index (χ3n) is 4.39. The fraction of sp³-hybridized carbons (Fsp3) is 0.304. The lowest BCUT2D eigenvalue weighted by atomic mass is 10.1. The lowest BCUT2D eigenvalue weighted by Crippen LogP contribution is -2.18. The Balaban J connectivity index is 1.82. The van der Waals surface area contributed by atoms with Gasteiger partial charge in [0.2, 0.25) is 5.78 Å². The van der Waals surface area contributed by atoms with E-state index in [2.05, 4.69) is 0 Å². The van der Waals surface area contributed by atoms with Gasteiger partial charge in [0.15, 0.2) is 23.9 Å². The number of benzene rings is 2. The molecule has 0 spiro atoms. The number of ketones is 1. The summed E-state index contributed by atoms with van der Waals surface area (Å²) < 4.78 is 32.2. The van der Waals surface area contributed by atoms with E-state index < -0.39 is 5.97 Å². The Hall–Kier alpha value is -3.68. The molecule has 2 aromatic carbocycles. The van der Waals surface area contributed by atoms with E-state index in [0.29, 0.717) is 39.9 Å². The number of methoxy groups -OCH3 is 3. The summed E-state index contributed by atoms with van der Waals surface area (Å²) in [6, 6.07) is 8.11. The Morgan fingerprint density at radius 2 is 1.68 bits per heavy atom. The lowest BCUT2D eigenvalue weighted by Gasteiger charge is -2.12. The Morgan fingerprint density at radius 1 is 1.00 bits per heavy atom. The maximum Gasteiger partial charge on any atom is 0.344 e. The minimum absolute atomic E-state index is 0.122. The Labute approximate surface area is 180 Å². The average Bonchev–Trinajstić information content (AvgIpc) is 3.06. The van der Waals surface area contributed by atoms with Crippen LogP contribution in [0.4, 0.5) is 0 Å². The second-order valence-corrected chi connectivity index (χ2v) is 6.87. The molecule has 8 heteroatoms. The van der Waals surface area contributed by atoms with Gasteiger partial charge in [0.1, 0.15) is 17.2 Å². The number of carbonyl (C=O) groups is 2. The van der Waals surface area contributed by atoms with E-state index in [4.69, 9.17) is 28.4 Å². The molecular weight excluding hydrogens is 404 g/mol. The van der Waals surface area contributed by atoms with Gasteiger partial charge in [-0.1, -0.05) is 0 Å². The molecule has 2 aromatic rings. The van der Waals surface area contributed by atoms with Crippen molar-refractivity contribution < 1.29 is 38.0 Å². The van der Waals surface area contributed by atoms with Crippen LogP contribution in [0.5, 0.6) is 28.7 Å². The molecule has 0 N–H and O–H groups in total. The molecule has 31 heavy (non-hydrogen) atoms. The molecular formula is C23H24O8. The van der Waals surface area contributed by atoms with Crippen LogP contribution < -0.4 is 23.7 Å². The SMILES string of the molecule is COc1cc(OC)c(OC)cc1C=C1Oc2cc(OCC(=O)OC(C)C)ccc2C1=O. The summed E-state index contributed by atoms with van der Waals surface area (Å²) in [6.45, 7) is 3.28. The number of esters is 1. The third-order valence-corrected chi connectivity index (χ3v) is 4.39. The lowest BCUT2D eigenvalue weighted by molar-refractivity contribution is -0.149. The van der Waals surface area contributed by atoms with Crippen LogP contribution in [0.1, 0.15) is 29.8 Å². The third kappa shape index (κ3) is 4.91. The topological polar surface area (TPSA) is 89.5 Å². The molecule has 0 radical (unpaired) electrons. The summed E-state index contributed by atoms with van der Waals surface area (Å²) in [4.78, 5) is 24.4. The monoisotopic (exact) mass is 428 g/mol. The summed E-state index contributed by atoms with van der Waals surface area (Å²) in [5.74, 6) is 1.57. The van der Waals surface area contributed by atoms with Crippen LogP contribution in [0.15, 0.2) is 36.1 Å². The molecule has 1 aliphatic rings. The van der Waals surface area contributed by atoms with Gasteiger partial charge in [-0.3, -0.25) is 4.79 Å². The molecule has 0 saturated carbocycles. The predicted molar refractivity (Wildman–Crippen MR) is 112 cm³/mol. The van der Waals surface area contributed by atoms with E-state index in [1.54, 1.807) is 50.3 Å². The first-order valence-electron chi connectivity index (χ1n) is 9.56. The molecule has 0 bridgehead atoms. The molecule has 1 heterocycles. The largest absolute Gasteiger partial charge is 0.496 e. The summed E-state index contributed by atoms with van der Waals surface area (Å²) in [6.07, 6.45) is 1.35. The normalized spacial score (nSPS) is 13.6. The van der Waals surface area contributed by atoms with Gasteiger partial charge in [0, 0.05) is 17.7 Å². The number of ether oxygens (including phenoxy) is 6. The zero-order valence-corrected chi connectivity index (χ0v) is 18.0. The van der Waals surface area contributed by atoms with Gasteiger partial charge in [0.05, 0.1) is 33.0 Å². The van der Waals surface area contributed by atoms with Gasteiger partial charge in [-0.2, -0.15) is 0 Å². The van der Waals surface area contributed by atoms with Crippen molar-refractivity contribution in [2.75, 3.05) is 27.9 Å². The first kappa shape index (κ1) is 22.0. The summed E-state index contributed by atoms with van der Waals surface area (Å²) in [7, 11) is 4.56. The molecule has 0 atom stereocenters.